The topological polar surface area (TPSA) is 115 Å². The first kappa shape index (κ1) is 24.0. The number of nitrogens with one attached hydrogen (secondary N) is 1. The van der Waals surface area contributed by atoms with Crippen LogP contribution in [0.25, 0.3) is 22.2 Å². The zero-order valence-electron chi connectivity index (χ0n) is 21.5. The second kappa shape index (κ2) is 9.51. The number of pyridine rings is 1. The van der Waals surface area contributed by atoms with Crippen molar-refractivity contribution in [3.63, 3.8) is 0 Å². The van der Waals surface area contributed by atoms with Crippen LogP contribution < -0.4 is 5.32 Å². The van der Waals surface area contributed by atoms with E-state index in [0.717, 1.165) is 48.6 Å². The van der Waals surface area contributed by atoms with Crippen LogP contribution >= 0.6 is 0 Å². The van der Waals surface area contributed by atoms with Crippen molar-refractivity contribution < 1.29 is 14.4 Å². The molecule has 0 saturated carbocycles. The van der Waals surface area contributed by atoms with Gasteiger partial charge in [0.1, 0.15) is 29.9 Å². The maximum absolute atomic E-state index is 13.2. The van der Waals surface area contributed by atoms with Gasteiger partial charge >= 0.3 is 0 Å². The molecule has 0 unspecified atom stereocenters. The highest BCUT2D eigenvalue weighted by Gasteiger charge is 2.38. The number of anilines is 1. The van der Waals surface area contributed by atoms with E-state index in [4.69, 9.17) is 0 Å². The molecule has 5 heterocycles. The van der Waals surface area contributed by atoms with Crippen molar-refractivity contribution in [1.82, 2.24) is 29.2 Å². The summed E-state index contributed by atoms with van der Waals surface area (Å²) in [5, 5.41) is 8.02. The van der Waals surface area contributed by atoms with Crippen LogP contribution in [0.4, 0.5) is 5.82 Å². The van der Waals surface area contributed by atoms with Gasteiger partial charge in [-0.05, 0) is 50.5 Å². The molecule has 0 spiro atoms. The van der Waals surface area contributed by atoms with Gasteiger partial charge in [-0.2, -0.15) is 5.10 Å². The van der Waals surface area contributed by atoms with Gasteiger partial charge in [-0.3, -0.25) is 19.1 Å². The number of ketones is 1. The highest BCUT2D eigenvalue weighted by molar-refractivity contribution is 6.06. The molecule has 1 aromatic carbocycles. The molecule has 1 atom stereocenters. The quantitative estimate of drug-likeness (QED) is 0.397. The number of aromatic nitrogens is 5. The maximum atomic E-state index is 13.2. The summed E-state index contributed by atoms with van der Waals surface area (Å²) >= 11 is 0. The molecule has 194 valence electrons. The molecule has 2 amide bonds. The van der Waals surface area contributed by atoms with Crippen LogP contribution in [0.15, 0.2) is 42.6 Å². The van der Waals surface area contributed by atoms with E-state index in [1.165, 1.54) is 6.92 Å². The molecule has 0 aliphatic carbocycles. The first-order chi connectivity index (χ1) is 18.4. The van der Waals surface area contributed by atoms with Crippen LogP contribution in [0.2, 0.25) is 0 Å². The lowest BCUT2D eigenvalue weighted by atomic mass is 10.0. The molecular formula is C28H29N7O3. The molecule has 6 rings (SSSR count). The number of aryl methyl sites for hydroxylation is 2. The number of benzene rings is 1. The van der Waals surface area contributed by atoms with E-state index < -0.39 is 6.04 Å². The molecule has 0 radical (unpaired) electrons. The van der Waals surface area contributed by atoms with Crippen molar-refractivity contribution in [1.29, 1.82) is 0 Å². The summed E-state index contributed by atoms with van der Waals surface area (Å²) in [5.74, 6) is 0.910. The Morgan fingerprint density at radius 1 is 1.11 bits per heavy atom. The Morgan fingerprint density at radius 3 is 2.74 bits per heavy atom. The lowest BCUT2D eigenvalue weighted by Crippen LogP contribution is -2.57. The van der Waals surface area contributed by atoms with Crippen LogP contribution in [0.3, 0.4) is 0 Å². The smallest absolute Gasteiger partial charge is 0.248 e. The fourth-order valence-electron chi connectivity index (χ4n) is 5.37. The third kappa shape index (κ3) is 4.25. The second-order valence-electron chi connectivity index (χ2n) is 10.0. The molecule has 1 saturated heterocycles. The third-order valence-electron chi connectivity index (χ3n) is 7.42. The summed E-state index contributed by atoms with van der Waals surface area (Å²) in [4.78, 5) is 49.0. The zero-order valence-corrected chi connectivity index (χ0v) is 21.5. The van der Waals surface area contributed by atoms with Gasteiger partial charge in [0.2, 0.25) is 11.8 Å². The van der Waals surface area contributed by atoms with Gasteiger partial charge in [-0.1, -0.05) is 12.1 Å². The predicted octanol–water partition coefficient (Wildman–Crippen LogP) is 3.38. The molecule has 2 aliphatic heterocycles. The number of fused-ring (bicyclic) bond motifs is 2. The Morgan fingerprint density at radius 2 is 1.97 bits per heavy atom. The summed E-state index contributed by atoms with van der Waals surface area (Å²) in [6.45, 7) is 4.70. The Kier molecular flexibility index (Phi) is 6.01. The number of carbonyl (C=O) groups excluding carboxylic acids is 3. The number of hydrogen-bond donors (Lipinski definition) is 1. The van der Waals surface area contributed by atoms with Crippen molar-refractivity contribution in [2.24, 2.45) is 0 Å². The summed E-state index contributed by atoms with van der Waals surface area (Å²) in [6, 6.07) is 10.7. The molecule has 1 N–H and O–H groups in total. The molecule has 0 bridgehead atoms. The predicted molar refractivity (Wildman–Crippen MR) is 142 cm³/mol. The van der Waals surface area contributed by atoms with Crippen molar-refractivity contribution in [3.05, 3.63) is 59.8 Å². The summed E-state index contributed by atoms with van der Waals surface area (Å²) < 4.78 is 3.81. The van der Waals surface area contributed by atoms with Crippen LogP contribution in [0.1, 0.15) is 48.2 Å². The van der Waals surface area contributed by atoms with E-state index in [0.29, 0.717) is 35.4 Å². The van der Waals surface area contributed by atoms with Gasteiger partial charge in [0.15, 0.2) is 5.78 Å². The van der Waals surface area contributed by atoms with Gasteiger partial charge in [0, 0.05) is 43.1 Å². The van der Waals surface area contributed by atoms with Gasteiger partial charge in [-0.25, -0.2) is 9.97 Å². The molecular weight excluding hydrogens is 482 g/mol. The SMILES string of the molecule is CC(=O)c1nn(CC(=O)N2CC[C@H]2C(=O)Nc2cccc(C)n2)c2ccc(-c3cnc4n3CCCC4)cc12. The van der Waals surface area contributed by atoms with E-state index in [1.54, 1.807) is 15.6 Å². The summed E-state index contributed by atoms with van der Waals surface area (Å²) in [7, 11) is 0. The molecule has 10 heteroatoms. The average molecular weight is 512 g/mol. The number of amides is 2. The first-order valence-corrected chi connectivity index (χ1v) is 13.0. The standard InChI is InChI=1S/C28H29N7O3/c1-17-6-5-7-24(30-17)31-28(38)22-11-13-34(22)26(37)16-35-21-10-9-19(14-20(21)27(32-35)18(2)36)23-15-29-25-8-3-4-12-33(23)25/h5-7,9-10,14-15,22H,3-4,8,11-13,16H2,1-2H3,(H,30,31,38)/t22-/m0/s1. The maximum Gasteiger partial charge on any atom is 0.248 e. The van der Waals surface area contributed by atoms with Gasteiger partial charge in [0.05, 0.1) is 17.4 Å². The number of hydrogen-bond acceptors (Lipinski definition) is 6. The minimum absolute atomic E-state index is 0.0579. The molecule has 4 aromatic rings. The summed E-state index contributed by atoms with van der Waals surface area (Å²) in [6.07, 6.45) is 5.71. The zero-order chi connectivity index (χ0) is 26.4. The van der Waals surface area contributed by atoms with Crippen molar-refractivity contribution in [2.75, 3.05) is 11.9 Å². The van der Waals surface area contributed by atoms with Crippen molar-refractivity contribution in [3.8, 4) is 11.3 Å². The molecule has 2 aliphatic rings. The van der Waals surface area contributed by atoms with Gasteiger partial charge < -0.3 is 14.8 Å². The highest BCUT2D eigenvalue weighted by Crippen LogP contribution is 2.30. The fraction of sp³-hybridized carbons (Fsp3) is 0.357. The van der Waals surface area contributed by atoms with Crippen LogP contribution in [-0.2, 0) is 29.1 Å². The monoisotopic (exact) mass is 511 g/mol. The largest absolute Gasteiger partial charge is 0.329 e. The third-order valence-corrected chi connectivity index (χ3v) is 7.42. The number of Topliss-reactive ketones (excluding diaryl/α,β-unsaturated/α-hetero) is 1. The second-order valence-corrected chi connectivity index (χ2v) is 10.0. The van der Waals surface area contributed by atoms with Gasteiger partial charge in [0.25, 0.3) is 0 Å². The minimum atomic E-state index is -0.557. The van der Waals surface area contributed by atoms with Gasteiger partial charge in [-0.15, -0.1) is 0 Å². The molecule has 10 nitrogen and oxygen atoms in total. The number of rotatable bonds is 6. The lowest BCUT2D eigenvalue weighted by molar-refractivity contribution is -0.145. The first-order valence-electron chi connectivity index (χ1n) is 13.0. The van der Waals surface area contributed by atoms with E-state index in [-0.39, 0.29) is 24.1 Å². The van der Waals surface area contributed by atoms with E-state index >= 15 is 0 Å². The number of imidazole rings is 1. The highest BCUT2D eigenvalue weighted by atomic mass is 16.2. The fourth-order valence-corrected chi connectivity index (χ4v) is 5.37. The summed E-state index contributed by atoms with van der Waals surface area (Å²) in [5.41, 5.74) is 3.83. The van der Waals surface area contributed by atoms with Crippen LogP contribution in [0.5, 0.6) is 0 Å². The minimum Gasteiger partial charge on any atom is -0.329 e. The van der Waals surface area contributed by atoms with Crippen molar-refractivity contribution >= 4 is 34.3 Å². The Balaban J connectivity index is 1.24. The number of likely N-dealkylation sites (tertiary alicyclic amines) is 1. The van der Waals surface area contributed by atoms with Crippen LogP contribution in [-0.4, -0.2) is 59.4 Å². The average Bonchev–Trinajstić information content (AvgIpc) is 3.45. The van der Waals surface area contributed by atoms with E-state index in [9.17, 15) is 14.4 Å². The molecule has 1 fully saturated rings. The number of carbonyl (C=O) groups is 3. The lowest BCUT2D eigenvalue weighted by Gasteiger charge is -2.39. The Bertz CT molecular complexity index is 1580. The molecule has 3 aromatic heterocycles. The number of nitrogens with zero attached hydrogens (tertiary/aromatic N) is 6. The van der Waals surface area contributed by atoms with E-state index in [2.05, 4.69) is 25.0 Å². The van der Waals surface area contributed by atoms with Crippen molar-refractivity contribution in [2.45, 2.75) is 58.7 Å². The van der Waals surface area contributed by atoms with E-state index in [1.807, 2.05) is 43.5 Å². The normalized spacial score (nSPS) is 16.7. The van der Waals surface area contributed by atoms with Crippen LogP contribution in [0, 0.1) is 6.92 Å². The Labute approximate surface area is 219 Å². The molecule has 38 heavy (non-hydrogen) atoms. The Hall–Kier alpha value is -4.34.